The molecule has 162 valence electrons. The maximum absolute atomic E-state index is 12.8. The number of nitrogens with zero attached hydrogens (tertiary/aromatic N) is 3. The number of rotatable bonds is 5. The van der Waals surface area contributed by atoms with E-state index in [0.717, 1.165) is 36.3 Å². The molecular weight excluding hydrogens is 400 g/mol. The van der Waals surface area contributed by atoms with Gasteiger partial charge in [0.1, 0.15) is 11.1 Å². The molecule has 0 saturated heterocycles. The number of benzene rings is 1. The number of carbonyl (C=O) groups is 1. The van der Waals surface area contributed by atoms with E-state index in [-0.39, 0.29) is 17.7 Å². The van der Waals surface area contributed by atoms with E-state index in [1.54, 1.807) is 28.9 Å². The van der Waals surface area contributed by atoms with Crippen molar-refractivity contribution in [2.24, 2.45) is 11.0 Å². The van der Waals surface area contributed by atoms with Gasteiger partial charge in [0.05, 0.1) is 42.0 Å². The molecule has 3 N–H and O–H groups in total. The first-order chi connectivity index (χ1) is 15.0. The van der Waals surface area contributed by atoms with Crippen LogP contribution in [-0.4, -0.2) is 47.4 Å². The van der Waals surface area contributed by atoms with E-state index in [1.807, 2.05) is 6.20 Å². The molecule has 0 unspecified atom stereocenters. The molecule has 0 spiro atoms. The molecule has 1 aromatic carbocycles. The third-order valence-electron chi connectivity index (χ3n) is 5.57. The Kier molecular flexibility index (Phi) is 5.85. The van der Waals surface area contributed by atoms with Gasteiger partial charge < -0.3 is 19.9 Å². The molecule has 1 aliphatic heterocycles. The van der Waals surface area contributed by atoms with Crippen LogP contribution in [0.3, 0.4) is 0 Å². The molecule has 2 aliphatic rings. The molecule has 1 saturated carbocycles. The minimum absolute atomic E-state index is 0.0185. The van der Waals surface area contributed by atoms with Crippen LogP contribution in [0.2, 0.25) is 0 Å². The van der Waals surface area contributed by atoms with Gasteiger partial charge in [-0.05, 0) is 37.8 Å². The van der Waals surface area contributed by atoms with Gasteiger partial charge in [-0.2, -0.15) is 0 Å². The van der Waals surface area contributed by atoms with Gasteiger partial charge in [0.25, 0.3) is 0 Å². The average Bonchev–Trinajstić information content (AvgIpc) is 3.15. The summed E-state index contributed by atoms with van der Waals surface area (Å²) in [5, 5.41) is 28.8. The lowest BCUT2D eigenvalue weighted by atomic mass is 9.88. The van der Waals surface area contributed by atoms with Gasteiger partial charge in [-0.3, -0.25) is 10.0 Å². The molecule has 1 amide bonds. The molecule has 1 fully saturated rings. The number of aliphatic hydroxyl groups is 1. The SMILES string of the molecule is COc1cc2c(cc1NC(=O)c1cccc(OC)[n+]1O)=C/[N+](=C\C1CCC(O)CC1)N=2. The molecule has 2 aromatic rings. The Morgan fingerprint density at radius 1 is 1.19 bits per heavy atom. The summed E-state index contributed by atoms with van der Waals surface area (Å²) in [5.74, 6) is 0.451. The number of hydrogen-bond acceptors (Lipinski definition) is 6. The number of anilines is 1. The van der Waals surface area contributed by atoms with Crippen LogP contribution in [0.25, 0.3) is 6.20 Å². The second kappa shape index (κ2) is 8.73. The van der Waals surface area contributed by atoms with Crippen molar-refractivity contribution < 1.29 is 34.0 Å². The van der Waals surface area contributed by atoms with E-state index in [1.165, 1.54) is 20.3 Å². The lowest BCUT2D eigenvalue weighted by Gasteiger charge is -2.20. The number of aromatic nitrogens is 1. The lowest BCUT2D eigenvalue weighted by Crippen LogP contribution is -2.41. The number of nitrogens with one attached hydrogen (secondary N) is 1. The number of hydrogen-bond donors (Lipinski definition) is 3. The Labute approximate surface area is 179 Å². The fraction of sp³-hybridized carbons (Fsp3) is 0.364. The molecule has 1 aliphatic carbocycles. The predicted octanol–water partition coefficient (Wildman–Crippen LogP) is 0.402. The van der Waals surface area contributed by atoms with E-state index < -0.39 is 5.91 Å². The molecule has 4 rings (SSSR count). The van der Waals surface area contributed by atoms with Crippen molar-refractivity contribution in [1.82, 2.24) is 0 Å². The van der Waals surface area contributed by atoms with E-state index in [0.29, 0.717) is 22.1 Å². The molecule has 0 radical (unpaired) electrons. The number of pyridine rings is 1. The molecule has 9 heteroatoms. The largest absolute Gasteiger partial charge is 0.494 e. The van der Waals surface area contributed by atoms with E-state index in [9.17, 15) is 15.1 Å². The number of ether oxygens (including phenoxy) is 2. The summed E-state index contributed by atoms with van der Waals surface area (Å²) in [6.45, 7) is 0. The summed E-state index contributed by atoms with van der Waals surface area (Å²) in [5.41, 5.74) is 0.480. The Balaban J connectivity index is 1.61. The lowest BCUT2D eigenvalue weighted by molar-refractivity contribution is -0.907. The third kappa shape index (κ3) is 4.36. The van der Waals surface area contributed by atoms with Crippen LogP contribution >= 0.6 is 0 Å². The standard InChI is InChI=1S/C22H25N4O5/c1-30-20-11-17-15(13-25(24-17)12-14-6-8-16(27)9-7-14)10-18(20)23-22(28)19-4-3-5-21(31-2)26(19)29/h3-5,10-14,16,27H,6-9H2,1-2H3,(H-,23,28,29)/q+1/p+1/b25-12+. The normalized spacial score (nSPS) is 21.1. The zero-order valence-corrected chi connectivity index (χ0v) is 17.5. The van der Waals surface area contributed by atoms with Gasteiger partial charge in [-0.1, -0.05) is 4.68 Å². The second-order valence-electron chi connectivity index (χ2n) is 7.66. The predicted molar refractivity (Wildman–Crippen MR) is 111 cm³/mol. The Morgan fingerprint density at radius 2 is 1.97 bits per heavy atom. The zero-order valence-electron chi connectivity index (χ0n) is 17.5. The summed E-state index contributed by atoms with van der Waals surface area (Å²) in [4.78, 5) is 12.8. The first-order valence-electron chi connectivity index (χ1n) is 10.2. The van der Waals surface area contributed by atoms with Crippen molar-refractivity contribution >= 4 is 24.0 Å². The molecule has 31 heavy (non-hydrogen) atoms. The first-order valence-corrected chi connectivity index (χ1v) is 10.2. The Hall–Kier alpha value is -3.46. The highest BCUT2D eigenvalue weighted by Crippen LogP contribution is 2.23. The van der Waals surface area contributed by atoms with Crippen molar-refractivity contribution in [3.63, 3.8) is 0 Å². The van der Waals surface area contributed by atoms with Crippen molar-refractivity contribution in [3.8, 4) is 11.6 Å². The van der Waals surface area contributed by atoms with Crippen LogP contribution in [0.4, 0.5) is 5.69 Å². The monoisotopic (exact) mass is 426 g/mol. The smallest absolute Gasteiger partial charge is 0.417 e. The summed E-state index contributed by atoms with van der Waals surface area (Å²) in [6, 6.07) is 8.19. The van der Waals surface area contributed by atoms with Gasteiger partial charge in [0.2, 0.25) is 6.20 Å². The molecule has 2 heterocycles. The van der Waals surface area contributed by atoms with Gasteiger partial charge in [0.15, 0.2) is 6.21 Å². The van der Waals surface area contributed by atoms with Crippen LogP contribution in [0.15, 0.2) is 35.4 Å². The number of fused-ring (bicyclic) bond motifs is 1. The minimum Gasteiger partial charge on any atom is -0.494 e. The van der Waals surface area contributed by atoms with Gasteiger partial charge in [0, 0.05) is 23.2 Å². The number of carbonyl (C=O) groups excluding carboxylic acids is 1. The molecule has 0 bridgehead atoms. The van der Waals surface area contributed by atoms with Crippen molar-refractivity contribution in [2.75, 3.05) is 19.5 Å². The number of amides is 1. The molecular formula is C22H26N4O5+2. The van der Waals surface area contributed by atoms with E-state index >= 15 is 0 Å². The Bertz CT molecular complexity index is 1150. The number of methoxy groups -OCH3 is 2. The quantitative estimate of drug-likeness (QED) is 0.474. The maximum atomic E-state index is 12.8. The van der Waals surface area contributed by atoms with Crippen molar-refractivity contribution in [2.45, 2.75) is 31.8 Å². The summed E-state index contributed by atoms with van der Waals surface area (Å²) < 4.78 is 13.0. The fourth-order valence-corrected chi connectivity index (χ4v) is 3.88. The van der Waals surface area contributed by atoms with Crippen LogP contribution in [0.1, 0.15) is 36.2 Å². The second-order valence-corrected chi connectivity index (χ2v) is 7.66. The fourth-order valence-electron chi connectivity index (χ4n) is 3.88. The van der Waals surface area contributed by atoms with Gasteiger partial charge in [-0.15, -0.1) is 0 Å². The van der Waals surface area contributed by atoms with Crippen LogP contribution in [-0.2, 0) is 0 Å². The minimum atomic E-state index is -0.515. The maximum Gasteiger partial charge on any atom is 0.417 e. The van der Waals surface area contributed by atoms with Crippen LogP contribution in [0.5, 0.6) is 11.6 Å². The molecule has 1 aromatic heterocycles. The highest BCUT2D eigenvalue weighted by molar-refractivity contribution is 6.02. The summed E-state index contributed by atoms with van der Waals surface area (Å²) in [6.07, 6.45) is 7.25. The molecule has 9 nitrogen and oxygen atoms in total. The summed E-state index contributed by atoms with van der Waals surface area (Å²) >= 11 is 0. The van der Waals surface area contributed by atoms with Crippen molar-refractivity contribution in [3.05, 3.63) is 46.6 Å². The van der Waals surface area contributed by atoms with Crippen molar-refractivity contribution in [1.29, 1.82) is 0 Å². The van der Waals surface area contributed by atoms with Crippen LogP contribution < -0.4 is 30.1 Å². The van der Waals surface area contributed by atoms with E-state index in [2.05, 4.69) is 16.6 Å². The van der Waals surface area contributed by atoms with Gasteiger partial charge >= 0.3 is 17.5 Å². The van der Waals surface area contributed by atoms with Crippen LogP contribution in [0, 0.1) is 5.92 Å². The summed E-state index contributed by atoms with van der Waals surface area (Å²) in [7, 11) is 2.93. The molecule has 0 atom stereocenters. The first kappa shape index (κ1) is 20.8. The third-order valence-corrected chi connectivity index (χ3v) is 5.57. The van der Waals surface area contributed by atoms with Gasteiger partial charge in [-0.25, -0.2) is 0 Å². The Morgan fingerprint density at radius 3 is 2.68 bits per heavy atom. The zero-order chi connectivity index (χ0) is 22.0. The highest BCUT2D eigenvalue weighted by Gasteiger charge is 2.26. The topological polar surface area (TPSA) is 107 Å². The highest BCUT2D eigenvalue weighted by atomic mass is 16.5. The average molecular weight is 426 g/mol. The van der Waals surface area contributed by atoms with E-state index in [4.69, 9.17) is 9.47 Å². The number of aliphatic hydroxyl groups excluding tert-OH is 1.